The molecule has 1 aromatic carbocycles. The topological polar surface area (TPSA) is 86.8 Å². The van der Waals surface area contributed by atoms with E-state index >= 15 is 0 Å². The number of sulfonamides is 1. The van der Waals surface area contributed by atoms with Gasteiger partial charge in [-0.25, -0.2) is 8.42 Å². The average Bonchev–Trinajstić information content (AvgIpc) is 3.08. The van der Waals surface area contributed by atoms with Crippen molar-refractivity contribution in [2.24, 2.45) is 0 Å². The zero-order chi connectivity index (χ0) is 17.7. The maximum atomic E-state index is 12.5. The Kier molecular flexibility index (Phi) is 4.01. The molecule has 0 spiro atoms. The maximum absolute atomic E-state index is 12.5. The molecule has 2 aromatic rings. The van der Waals surface area contributed by atoms with E-state index in [0.717, 1.165) is 19.9 Å². The van der Waals surface area contributed by atoms with Crippen LogP contribution >= 0.6 is 11.3 Å². The highest BCUT2D eigenvalue weighted by Crippen LogP contribution is 2.40. The standard InChI is InChI=1S/C14H17N3O4S3/c1-4-11-6-8-14(22-11)23(18,19)15-10-5-7-12-13(9-10)17(3)24(20,21)16(12)2/h5-9,15H,4H2,1-3H3. The Labute approximate surface area is 145 Å². The lowest BCUT2D eigenvalue weighted by Crippen LogP contribution is -2.32. The molecule has 0 unspecified atom stereocenters. The van der Waals surface area contributed by atoms with Crippen LogP contribution < -0.4 is 13.3 Å². The fraction of sp³-hybridized carbons (Fsp3) is 0.286. The Balaban J connectivity index is 1.94. The third-order valence-corrected chi connectivity index (χ3v) is 8.73. The predicted octanol–water partition coefficient (Wildman–Crippen LogP) is 2.24. The van der Waals surface area contributed by atoms with Crippen LogP contribution in [0.5, 0.6) is 0 Å². The molecule has 130 valence electrons. The summed E-state index contributed by atoms with van der Waals surface area (Å²) in [5.41, 5.74) is 1.25. The molecule has 7 nitrogen and oxygen atoms in total. The van der Waals surface area contributed by atoms with E-state index in [1.807, 2.05) is 6.92 Å². The number of hydrogen-bond acceptors (Lipinski definition) is 5. The van der Waals surface area contributed by atoms with Crippen molar-refractivity contribution in [3.05, 3.63) is 35.2 Å². The summed E-state index contributed by atoms with van der Waals surface area (Å²) in [7, 11) is -4.39. The van der Waals surface area contributed by atoms with Gasteiger partial charge in [0.2, 0.25) is 0 Å². The van der Waals surface area contributed by atoms with Crippen LogP contribution in [0.3, 0.4) is 0 Å². The molecule has 0 aliphatic carbocycles. The van der Waals surface area contributed by atoms with E-state index in [1.165, 1.54) is 31.5 Å². The van der Waals surface area contributed by atoms with E-state index in [2.05, 4.69) is 4.72 Å². The van der Waals surface area contributed by atoms with Gasteiger partial charge in [-0.05, 0) is 36.8 Å². The van der Waals surface area contributed by atoms with Gasteiger partial charge in [0.25, 0.3) is 10.0 Å². The van der Waals surface area contributed by atoms with Crippen LogP contribution in [-0.2, 0) is 26.7 Å². The Bertz CT molecular complexity index is 996. The maximum Gasteiger partial charge on any atom is 0.326 e. The Morgan fingerprint density at radius 1 is 1.08 bits per heavy atom. The summed E-state index contributed by atoms with van der Waals surface area (Å²) < 4.78 is 54.2. The van der Waals surface area contributed by atoms with Gasteiger partial charge < -0.3 is 0 Å². The fourth-order valence-electron chi connectivity index (χ4n) is 2.44. The minimum atomic E-state index is -3.69. The van der Waals surface area contributed by atoms with E-state index < -0.39 is 20.2 Å². The number of fused-ring (bicyclic) bond motifs is 1. The summed E-state index contributed by atoms with van der Waals surface area (Å²) in [5.74, 6) is 0. The normalized spacial score (nSPS) is 16.3. The first-order valence-electron chi connectivity index (χ1n) is 7.15. The molecule has 1 aromatic heterocycles. The minimum absolute atomic E-state index is 0.234. The lowest BCUT2D eigenvalue weighted by atomic mass is 10.2. The van der Waals surface area contributed by atoms with E-state index in [1.54, 1.807) is 24.3 Å². The lowest BCUT2D eigenvalue weighted by Gasteiger charge is -2.13. The lowest BCUT2D eigenvalue weighted by molar-refractivity contribution is 0.595. The summed E-state index contributed by atoms with van der Waals surface area (Å²) in [5, 5.41) is 0. The van der Waals surface area contributed by atoms with Crippen LogP contribution in [0.1, 0.15) is 11.8 Å². The van der Waals surface area contributed by atoms with Gasteiger partial charge >= 0.3 is 10.2 Å². The number of anilines is 3. The zero-order valence-electron chi connectivity index (χ0n) is 13.3. The van der Waals surface area contributed by atoms with Gasteiger partial charge in [-0.15, -0.1) is 11.3 Å². The first-order valence-corrected chi connectivity index (χ1v) is 10.8. The van der Waals surface area contributed by atoms with Crippen LogP contribution in [0.25, 0.3) is 0 Å². The second kappa shape index (κ2) is 5.64. The molecule has 1 aliphatic rings. The number of hydrogen-bond donors (Lipinski definition) is 1. The first-order chi connectivity index (χ1) is 11.2. The van der Waals surface area contributed by atoms with Gasteiger partial charge in [-0.1, -0.05) is 6.92 Å². The summed E-state index contributed by atoms with van der Waals surface area (Å²) in [6.07, 6.45) is 0.772. The van der Waals surface area contributed by atoms with Gasteiger partial charge in [-0.3, -0.25) is 13.3 Å². The van der Waals surface area contributed by atoms with Gasteiger partial charge in [0.15, 0.2) is 0 Å². The molecule has 0 bridgehead atoms. The molecule has 2 heterocycles. The van der Waals surface area contributed by atoms with Crippen LogP contribution in [0, 0.1) is 0 Å². The number of nitrogens with one attached hydrogen (secondary N) is 1. The van der Waals surface area contributed by atoms with Gasteiger partial charge in [-0.2, -0.15) is 8.42 Å². The second-order valence-electron chi connectivity index (χ2n) is 5.33. The SMILES string of the molecule is CCc1ccc(S(=O)(=O)Nc2ccc3c(c2)N(C)S(=O)(=O)N3C)s1. The number of rotatable bonds is 4. The Morgan fingerprint density at radius 3 is 2.38 bits per heavy atom. The molecule has 10 heteroatoms. The van der Waals surface area contributed by atoms with E-state index in [4.69, 9.17) is 0 Å². The highest BCUT2D eigenvalue weighted by Gasteiger charge is 2.35. The molecule has 0 fully saturated rings. The van der Waals surface area contributed by atoms with Crippen molar-refractivity contribution in [1.82, 2.24) is 0 Å². The highest BCUT2D eigenvalue weighted by molar-refractivity contribution is 7.95. The van der Waals surface area contributed by atoms with Crippen LogP contribution in [0.4, 0.5) is 17.1 Å². The Morgan fingerprint density at radius 2 is 1.75 bits per heavy atom. The largest absolute Gasteiger partial charge is 0.326 e. The molecule has 0 amide bonds. The molecule has 0 radical (unpaired) electrons. The molecule has 1 aliphatic heterocycles. The van der Waals surface area contributed by atoms with Gasteiger partial charge in [0.1, 0.15) is 4.21 Å². The van der Waals surface area contributed by atoms with Crippen molar-refractivity contribution in [2.75, 3.05) is 27.4 Å². The summed E-state index contributed by atoms with van der Waals surface area (Å²) in [6.45, 7) is 1.96. The van der Waals surface area contributed by atoms with Crippen molar-refractivity contribution < 1.29 is 16.8 Å². The highest BCUT2D eigenvalue weighted by atomic mass is 32.2. The average molecular weight is 388 g/mol. The molecular weight excluding hydrogens is 370 g/mol. The molecule has 0 saturated carbocycles. The number of aryl methyl sites for hydroxylation is 1. The van der Waals surface area contributed by atoms with Crippen molar-refractivity contribution in [1.29, 1.82) is 0 Å². The quantitative estimate of drug-likeness (QED) is 0.872. The molecule has 1 N–H and O–H groups in total. The summed E-state index contributed by atoms with van der Waals surface area (Å²) in [6, 6.07) is 8.01. The van der Waals surface area contributed by atoms with Crippen molar-refractivity contribution in [3.8, 4) is 0 Å². The summed E-state index contributed by atoms with van der Waals surface area (Å²) in [4.78, 5) is 0.983. The second-order valence-corrected chi connectivity index (χ2v) is 10.4. The number of benzene rings is 1. The van der Waals surface area contributed by atoms with Crippen LogP contribution in [0.2, 0.25) is 0 Å². The fourth-order valence-corrected chi connectivity index (χ4v) is 5.95. The number of nitrogens with zero attached hydrogens (tertiary/aromatic N) is 2. The van der Waals surface area contributed by atoms with Crippen molar-refractivity contribution in [2.45, 2.75) is 17.6 Å². The molecule has 0 atom stereocenters. The third kappa shape index (κ3) is 2.64. The molecular formula is C14H17N3O4S3. The molecule has 0 saturated heterocycles. The van der Waals surface area contributed by atoms with E-state index in [9.17, 15) is 16.8 Å². The first kappa shape index (κ1) is 17.1. The van der Waals surface area contributed by atoms with Gasteiger partial charge in [0, 0.05) is 19.0 Å². The smallest absolute Gasteiger partial charge is 0.279 e. The van der Waals surface area contributed by atoms with Crippen molar-refractivity contribution in [3.63, 3.8) is 0 Å². The number of thiophene rings is 1. The monoisotopic (exact) mass is 387 g/mol. The van der Waals surface area contributed by atoms with Crippen molar-refractivity contribution >= 4 is 48.6 Å². The zero-order valence-corrected chi connectivity index (χ0v) is 15.8. The van der Waals surface area contributed by atoms with Gasteiger partial charge in [0.05, 0.1) is 17.1 Å². The molecule has 24 heavy (non-hydrogen) atoms. The minimum Gasteiger partial charge on any atom is -0.279 e. The van der Waals surface area contributed by atoms with Crippen LogP contribution in [-0.4, -0.2) is 30.9 Å². The van der Waals surface area contributed by atoms with E-state index in [0.29, 0.717) is 17.1 Å². The van der Waals surface area contributed by atoms with Crippen LogP contribution in [0.15, 0.2) is 34.5 Å². The third-order valence-electron chi connectivity index (χ3n) is 3.85. The van der Waals surface area contributed by atoms with E-state index in [-0.39, 0.29) is 4.21 Å². The predicted molar refractivity (Wildman–Crippen MR) is 96.7 cm³/mol. The summed E-state index contributed by atoms with van der Waals surface area (Å²) >= 11 is 1.22. The molecule has 3 rings (SSSR count). The Hall–Kier alpha value is -1.78.